The molecule has 124 valence electrons. The van der Waals surface area contributed by atoms with Gasteiger partial charge in [0.1, 0.15) is 0 Å². The molecule has 0 saturated carbocycles. The third kappa shape index (κ3) is 5.47. The largest absolute Gasteiger partial charge is 0.481 e. The number of rotatable bonds is 6. The number of halogens is 2. The van der Waals surface area contributed by atoms with E-state index < -0.39 is 11.9 Å². The Bertz CT molecular complexity index is 758. The van der Waals surface area contributed by atoms with Crippen LogP contribution in [0, 0.1) is 0 Å². The van der Waals surface area contributed by atoms with Crippen molar-refractivity contribution in [2.75, 3.05) is 0 Å². The summed E-state index contributed by atoms with van der Waals surface area (Å²) in [5.41, 5.74) is 4.11. The van der Waals surface area contributed by atoms with Crippen LogP contribution >= 0.6 is 27.5 Å². The number of carbonyl (C=O) groups is 2. The van der Waals surface area contributed by atoms with Crippen molar-refractivity contribution in [3.05, 3.63) is 69.2 Å². The van der Waals surface area contributed by atoms with Crippen LogP contribution in [-0.2, 0) is 4.79 Å². The maximum Gasteiger partial charge on any atom is 0.303 e. The Hall–Kier alpha value is -2.18. The molecule has 7 heteroatoms. The highest BCUT2D eigenvalue weighted by Crippen LogP contribution is 2.14. The number of hydrazone groups is 1. The number of nitrogens with zero attached hydrogens (tertiary/aromatic N) is 1. The summed E-state index contributed by atoms with van der Waals surface area (Å²) in [7, 11) is 0. The molecule has 2 N–H and O–H groups in total. The molecule has 0 unspecified atom stereocenters. The van der Waals surface area contributed by atoms with Crippen LogP contribution in [0.25, 0.3) is 0 Å². The predicted octanol–water partition coefficient (Wildman–Crippen LogP) is 4.10. The maximum atomic E-state index is 12.1. The predicted molar refractivity (Wildman–Crippen MR) is 96.5 cm³/mol. The van der Waals surface area contributed by atoms with Crippen molar-refractivity contribution in [3.63, 3.8) is 0 Å². The number of aliphatic carboxylic acids is 1. The maximum absolute atomic E-state index is 12.1. The van der Waals surface area contributed by atoms with Crippen LogP contribution in [0.4, 0.5) is 0 Å². The Kier molecular flexibility index (Phi) is 6.52. The van der Waals surface area contributed by atoms with Crippen LogP contribution in [0.5, 0.6) is 0 Å². The summed E-state index contributed by atoms with van der Waals surface area (Å²) >= 11 is 9.13. The van der Waals surface area contributed by atoms with Crippen molar-refractivity contribution in [2.24, 2.45) is 5.10 Å². The van der Waals surface area contributed by atoms with Gasteiger partial charge in [0.05, 0.1) is 12.1 Å². The van der Waals surface area contributed by atoms with Crippen molar-refractivity contribution in [3.8, 4) is 0 Å². The topological polar surface area (TPSA) is 78.8 Å². The molecular formula is C17H14BrClN2O3. The zero-order chi connectivity index (χ0) is 17.5. The summed E-state index contributed by atoms with van der Waals surface area (Å²) in [5, 5.41) is 13.5. The molecule has 0 bridgehead atoms. The first kappa shape index (κ1) is 18.2. The first-order chi connectivity index (χ1) is 11.5. The summed E-state index contributed by atoms with van der Waals surface area (Å²) in [4.78, 5) is 22.9. The molecule has 0 heterocycles. The Balaban J connectivity index is 2.17. The number of carbonyl (C=O) groups excluding carboxylic acids is 1. The minimum Gasteiger partial charge on any atom is -0.481 e. The van der Waals surface area contributed by atoms with Crippen molar-refractivity contribution in [1.82, 2.24) is 5.43 Å². The molecule has 0 spiro atoms. The van der Waals surface area contributed by atoms with Crippen molar-refractivity contribution >= 4 is 45.1 Å². The SMILES string of the molecule is O=C(O)CC/C(=N/NC(=O)c1ccc(Cl)cc1)c1ccc(Br)cc1. The molecule has 0 aliphatic carbocycles. The lowest BCUT2D eigenvalue weighted by atomic mass is 10.1. The van der Waals surface area contributed by atoms with E-state index in [9.17, 15) is 9.59 Å². The van der Waals surface area contributed by atoms with Gasteiger partial charge in [0, 0.05) is 21.5 Å². The third-order valence-corrected chi connectivity index (χ3v) is 3.93. The molecule has 0 radical (unpaired) electrons. The number of benzene rings is 2. The van der Waals surface area contributed by atoms with Gasteiger partial charge in [-0.25, -0.2) is 5.43 Å². The monoisotopic (exact) mass is 408 g/mol. The fourth-order valence-corrected chi connectivity index (χ4v) is 2.31. The van der Waals surface area contributed by atoms with Gasteiger partial charge in [-0.05, 0) is 42.0 Å². The van der Waals surface area contributed by atoms with Gasteiger partial charge in [-0.15, -0.1) is 0 Å². The van der Waals surface area contributed by atoms with Gasteiger partial charge in [0.15, 0.2) is 0 Å². The summed E-state index contributed by atoms with van der Waals surface area (Å²) in [6.45, 7) is 0. The van der Waals surface area contributed by atoms with E-state index in [4.69, 9.17) is 16.7 Å². The summed E-state index contributed by atoms with van der Waals surface area (Å²) < 4.78 is 0.897. The number of hydrogen-bond donors (Lipinski definition) is 2. The van der Waals surface area contributed by atoms with E-state index in [-0.39, 0.29) is 12.8 Å². The summed E-state index contributed by atoms with van der Waals surface area (Å²) in [6, 6.07) is 13.7. The van der Waals surface area contributed by atoms with E-state index in [0.717, 1.165) is 10.0 Å². The van der Waals surface area contributed by atoms with Gasteiger partial charge in [-0.3, -0.25) is 9.59 Å². The second kappa shape index (κ2) is 8.61. The van der Waals surface area contributed by atoms with Gasteiger partial charge >= 0.3 is 5.97 Å². The molecule has 5 nitrogen and oxygen atoms in total. The zero-order valence-corrected chi connectivity index (χ0v) is 14.8. The van der Waals surface area contributed by atoms with Crippen molar-refractivity contribution in [1.29, 1.82) is 0 Å². The van der Waals surface area contributed by atoms with E-state index >= 15 is 0 Å². The smallest absolute Gasteiger partial charge is 0.303 e. The van der Waals surface area contributed by atoms with E-state index in [2.05, 4.69) is 26.5 Å². The Morgan fingerprint density at radius 3 is 2.17 bits per heavy atom. The van der Waals surface area contributed by atoms with E-state index in [1.54, 1.807) is 36.4 Å². The molecule has 2 aromatic carbocycles. The molecule has 0 aromatic heterocycles. The van der Waals surface area contributed by atoms with Gasteiger partial charge in [0.25, 0.3) is 5.91 Å². The molecule has 2 rings (SSSR count). The second-order valence-electron chi connectivity index (χ2n) is 4.91. The zero-order valence-electron chi connectivity index (χ0n) is 12.5. The Labute approximate surface area is 152 Å². The van der Waals surface area contributed by atoms with Gasteiger partial charge in [-0.2, -0.15) is 5.10 Å². The molecule has 24 heavy (non-hydrogen) atoms. The minimum atomic E-state index is -0.927. The number of nitrogens with one attached hydrogen (secondary N) is 1. The first-order valence-corrected chi connectivity index (χ1v) is 8.23. The number of amides is 1. The van der Waals surface area contributed by atoms with Gasteiger partial charge in [-0.1, -0.05) is 39.7 Å². The van der Waals surface area contributed by atoms with E-state index in [0.29, 0.717) is 16.3 Å². The Morgan fingerprint density at radius 2 is 1.58 bits per heavy atom. The van der Waals surface area contributed by atoms with Crippen LogP contribution in [0.15, 0.2) is 58.1 Å². The highest BCUT2D eigenvalue weighted by atomic mass is 79.9. The average Bonchev–Trinajstić information content (AvgIpc) is 2.56. The lowest BCUT2D eigenvalue weighted by Gasteiger charge is -2.07. The molecule has 0 aliphatic rings. The molecule has 2 aromatic rings. The molecule has 1 amide bonds. The standard InChI is InChI=1S/C17H14BrClN2O3/c18-13-5-1-11(2-6-13)15(9-10-16(22)23)20-21-17(24)12-3-7-14(19)8-4-12/h1-8H,9-10H2,(H,21,24)(H,22,23)/b20-15-. The molecule has 0 aliphatic heterocycles. The number of carboxylic acids is 1. The average molecular weight is 410 g/mol. The van der Waals surface area contributed by atoms with Crippen LogP contribution < -0.4 is 5.43 Å². The first-order valence-electron chi connectivity index (χ1n) is 7.06. The van der Waals surface area contributed by atoms with E-state index in [1.165, 1.54) is 0 Å². The Morgan fingerprint density at radius 1 is 1.00 bits per heavy atom. The lowest BCUT2D eigenvalue weighted by Crippen LogP contribution is -2.20. The van der Waals surface area contributed by atoms with Crippen LogP contribution in [0.1, 0.15) is 28.8 Å². The van der Waals surface area contributed by atoms with Crippen molar-refractivity contribution < 1.29 is 14.7 Å². The highest BCUT2D eigenvalue weighted by molar-refractivity contribution is 9.10. The quantitative estimate of drug-likeness (QED) is 0.557. The fraction of sp³-hybridized carbons (Fsp3) is 0.118. The molecular weight excluding hydrogens is 396 g/mol. The minimum absolute atomic E-state index is 0.0777. The van der Waals surface area contributed by atoms with Crippen molar-refractivity contribution in [2.45, 2.75) is 12.8 Å². The second-order valence-corrected chi connectivity index (χ2v) is 6.26. The summed E-state index contributed by atoms with van der Waals surface area (Å²) in [6.07, 6.45) is 0.129. The lowest BCUT2D eigenvalue weighted by molar-refractivity contribution is -0.136. The molecule has 0 saturated heterocycles. The summed E-state index contributed by atoms with van der Waals surface area (Å²) in [5.74, 6) is -1.32. The van der Waals surface area contributed by atoms with Crippen LogP contribution in [0.2, 0.25) is 5.02 Å². The van der Waals surface area contributed by atoms with Crippen LogP contribution in [0.3, 0.4) is 0 Å². The third-order valence-electron chi connectivity index (χ3n) is 3.15. The fourth-order valence-electron chi connectivity index (χ4n) is 1.92. The highest BCUT2D eigenvalue weighted by Gasteiger charge is 2.09. The van der Waals surface area contributed by atoms with Gasteiger partial charge < -0.3 is 5.11 Å². The normalized spacial score (nSPS) is 11.2. The van der Waals surface area contributed by atoms with Gasteiger partial charge in [0.2, 0.25) is 0 Å². The molecule has 0 atom stereocenters. The van der Waals surface area contributed by atoms with E-state index in [1.807, 2.05) is 12.1 Å². The number of hydrogen-bond acceptors (Lipinski definition) is 3. The van der Waals surface area contributed by atoms with Crippen LogP contribution in [-0.4, -0.2) is 22.7 Å². The number of carboxylic acid groups (broad SMARTS) is 1. The molecule has 0 fully saturated rings.